The highest BCUT2D eigenvalue weighted by Crippen LogP contribution is 2.70. The summed E-state index contributed by atoms with van der Waals surface area (Å²) < 4.78 is 0. The lowest BCUT2D eigenvalue weighted by molar-refractivity contribution is -0.128. The number of carbonyl (C=O) groups excluding carboxylic acids is 1. The molecule has 2 atom stereocenters. The number of hydrogen-bond donors (Lipinski definition) is 1. The minimum atomic E-state index is -0.144. The molecule has 0 aromatic heterocycles. The van der Waals surface area contributed by atoms with E-state index in [1.54, 1.807) is 0 Å². The molecule has 0 aliphatic heterocycles. The summed E-state index contributed by atoms with van der Waals surface area (Å²) in [6.07, 6.45) is 2.83. The first kappa shape index (κ1) is 11.8. The van der Waals surface area contributed by atoms with Gasteiger partial charge in [-0.1, -0.05) is 32.9 Å². The molecule has 2 N–H and O–H groups in total. The molecule has 0 spiro atoms. The highest BCUT2D eigenvalue weighted by atomic mass is 16.1. The molecule has 0 heterocycles. The van der Waals surface area contributed by atoms with E-state index >= 15 is 0 Å². The van der Waals surface area contributed by atoms with Gasteiger partial charge in [0, 0.05) is 22.9 Å². The van der Waals surface area contributed by atoms with E-state index in [1.165, 1.54) is 5.56 Å². The second-order valence-corrected chi connectivity index (χ2v) is 6.76. The number of nitrogens with two attached hydrogens (primary N) is 1. The van der Waals surface area contributed by atoms with Gasteiger partial charge in [0.05, 0.1) is 0 Å². The van der Waals surface area contributed by atoms with Gasteiger partial charge in [0.15, 0.2) is 0 Å². The third-order valence-corrected chi connectivity index (χ3v) is 6.17. The number of anilines is 1. The number of carbonyl (C=O) groups is 1. The predicted molar refractivity (Wildman–Crippen MR) is 73.3 cm³/mol. The molecular formula is C16H21NO. The monoisotopic (exact) mass is 243 g/mol. The van der Waals surface area contributed by atoms with Crippen LogP contribution >= 0.6 is 0 Å². The van der Waals surface area contributed by atoms with Crippen molar-refractivity contribution in [1.29, 1.82) is 0 Å². The molecule has 2 aliphatic rings. The van der Waals surface area contributed by atoms with Gasteiger partial charge < -0.3 is 5.73 Å². The van der Waals surface area contributed by atoms with Gasteiger partial charge in [-0.25, -0.2) is 0 Å². The summed E-state index contributed by atoms with van der Waals surface area (Å²) in [4.78, 5) is 12.4. The molecule has 2 fully saturated rings. The zero-order chi connectivity index (χ0) is 13.2. The van der Waals surface area contributed by atoms with E-state index in [0.717, 1.165) is 18.5 Å². The second-order valence-electron chi connectivity index (χ2n) is 6.76. The maximum absolute atomic E-state index is 12.4. The van der Waals surface area contributed by atoms with Crippen LogP contribution in [0.5, 0.6) is 0 Å². The zero-order valence-corrected chi connectivity index (χ0v) is 11.4. The van der Waals surface area contributed by atoms with E-state index < -0.39 is 0 Å². The first-order valence-corrected chi connectivity index (χ1v) is 6.73. The van der Waals surface area contributed by atoms with Crippen molar-refractivity contribution < 1.29 is 4.79 Å². The minimum Gasteiger partial charge on any atom is -0.399 e. The number of fused-ring (bicyclic) bond motifs is 2. The lowest BCUT2D eigenvalue weighted by Crippen LogP contribution is -2.38. The molecule has 2 heteroatoms. The molecule has 1 aromatic rings. The summed E-state index contributed by atoms with van der Waals surface area (Å²) in [6, 6.07) is 8.14. The zero-order valence-electron chi connectivity index (χ0n) is 11.4. The smallest absolute Gasteiger partial charge is 0.140 e. The van der Waals surface area contributed by atoms with E-state index in [0.29, 0.717) is 12.2 Å². The fourth-order valence-corrected chi connectivity index (χ4v) is 4.29. The van der Waals surface area contributed by atoms with Crippen molar-refractivity contribution in [1.82, 2.24) is 0 Å². The largest absolute Gasteiger partial charge is 0.399 e. The van der Waals surface area contributed by atoms with Crippen molar-refractivity contribution >= 4 is 11.5 Å². The summed E-state index contributed by atoms with van der Waals surface area (Å²) in [5, 5.41) is 0. The summed E-state index contributed by atoms with van der Waals surface area (Å²) in [7, 11) is 0. The quantitative estimate of drug-likeness (QED) is 0.769. The van der Waals surface area contributed by atoms with Gasteiger partial charge in [0.2, 0.25) is 0 Å². The van der Waals surface area contributed by atoms with E-state index in [9.17, 15) is 4.79 Å². The Hall–Kier alpha value is -1.31. The van der Waals surface area contributed by atoms with Crippen molar-refractivity contribution in [3.05, 3.63) is 29.8 Å². The molecule has 2 bridgehead atoms. The molecule has 18 heavy (non-hydrogen) atoms. The van der Waals surface area contributed by atoms with Gasteiger partial charge >= 0.3 is 0 Å². The Kier molecular flexibility index (Phi) is 2.07. The number of Topliss-reactive ketones (excluding diaryl/α,β-unsaturated/α-hetero) is 1. The molecule has 0 radical (unpaired) electrons. The third kappa shape index (κ3) is 1.07. The Labute approximate surface area is 109 Å². The van der Waals surface area contributed by atoms with Gasteiger partial charge in [-0.15, -0.1) is 0 Å². The summed E-state index contributed by atoms with van der Waals surface area (Å²) >= 11 is 0. The fraction of sp³-hybridized carbons (Fsp3) is 0.562. The second kappa shape index (κ2) is 3.17. The number of ketones is 1. The average Bonchev–Trinajstić information content (AvgIpc) is 2.60. The molecule has 3 rings (SSSR count). The van der Waals surface area contributed by atoms with Crippen LogP contribution < -0.4 is 5.73 Å². The fourth-order valence-electron chi connectivity index (χ4n) is 4.29. The summed E-state index contributed by atoms with van der Waals surface area (Å²) in [6.45, 7) is 6.68. The SMILES string of the molecule is CC1(C)[C@]2(c3ccc(N)cc3)CC[C@]1(C)C(=O)C2. The van der Waals surface area contributed by atoms with Crippen LogP contribution in [0.4, 0.5) is 5.69 Å². The van der Waals surface area contributed by atoms with Crippen molar-refractivity contribution in [2.24, 2.45) is 10.8 Å². The van der Waals surface area contributed by atoms with E-state index in [1.807, 2.05) is 12.1 Å². The number of hydrogen-bond acceptors (Lipinski definition) is 2. The highest BCUT2D eigenvalue weighted by molar-refractivity contribution is 5.91. The average molecular weight is 243 g/mol. The van der Waals surface area contributed by atoms with Crippen LogP contribution in [0.15, 0.2) is 24.3 Å². The Bertz CT molecular complexity index is 516. The van der Waals surface area contributed by atoms with Crippen molar-refractivity contribution in [2.45, 2.75) is 45.4 Å². The van der Waals surface area contributed by atoms with Crippen LogP contribution in [0.25, 0.3) is 0 Å². The molecule has 1 aromatic carbocycles. The molecule has 2 saturated carbocycles. The van der Waals surface area contributed by atoms with Crippen molar-refractivity contribution in [3.63, 3.8) is 0 Å². The van der Waals surface area contributed by atoms with Crippen molar-refractivity contribution in [3.8, 4) is 0 Å². The van der Waals surface area contributed by atoms with Crippen LogP contribution in [0.1, 0.15) is 45.6 Å². The molecule has 2 nitrogen and oxygen atoms in total. The topological polar surface area (TPSA) is 43.1 Å². The van der Waals surface area contributed by atoms with E-state index in [4.69, 9.17) is 5.73 Å². The van der Waals surface area contributed by atoms with Crippen LogP contribution in [0.3, 0.4) is 0 Å². The van der Waals surface area contributed by atoms with Gasteiger partial charge in [-0.2, -0.15) is 0 Å². The minimum absolute atomic E-state index is 0.0204. The molecule has 0 amide bonds. The first-order chi connectivity index (χ1) is 8.33. The predicted octanol–water partition coefficient (Wildman–Crippen LogP) is 3.31. The van der Waals surface area contributed by atoms with Crippen LogP contribution in [0.2, 0.25) is 0 Å². The lowest BCUT2D eigenvalue weighted by atomic mass is 9.62. The lowest BCUT2D eigenvalue weighted by Gasteiger charge is -2.40. The standard InChI is InChI=1S/C16H21NO/c1-14(2)15(3)8-9-16(14,10-13(15)18)11-4-6-12(17)7-5-11/h4-7H,8-10,17H2,1-3H3/t15-,16-/m1/s1. The van der Waals surface area contributed by atoms with E-state index in [2.05, 4.69) is 32.9 Å². The third-order valence-electron chi connectivity index (χ3n) is 6.17. The highest BCUT2D eigenvalue weighted by Gasteiger charge is 2.69. The van der Waals surface area contributed by atoms with E-state index in [-0.39, 0.29) is 16.2 Å². The Morgan fingerprint density at radius 1 is 1.06 bits per heavy atom. The number of nitrogen functional groups attached to an aromatic ring is 1. The van der Waals surface area contributed by atoms with Crippen LogP contribution in [-0.4, -0.2) is 5.78 Å². The maximum Gasteiger partial charge on any atom is 0.140 e. The Morgan fingerprint density at radius 3 is 2.11 bits per heavy atom. The first-order valence-electron chi connectivity index (χ1n) is 6.73. The molecular weight excluding hydrogens is 222 g/mol. The number of benzene rings is 1. The normalized spacial score (nSPS) is 37.2. The Balaban J connectivity index is 2.17. The van der Waals surface area contributed by atoms with Crippen LogP contribution in [0, 0.1) is 10.8 Å². The molecule has 2 aliphatic carbocycles. The molecule has 0 saturated heterocycles. The van der Waals surface area contributed by atoms with Crippen molar-refractivity contribution in [2.75, 3.05) is 5.73 Å². The molecule has 96 valence electrons. The summed E-state index contributed by atoms with van der Waals surface area (Å²) in [5.41, 5.74) is 7.76. The maximum atomic E-state index is 12.4. The van der Waals surface area contributed by atoms with Gasteiger partial charge in [-0.3, -0.25) is 4.79 Å². The van der Waals surface area contributed by atoms with Gasteiger partial charge in [0.25, 0.3) is 0 Å². The van der Waals surface area contributed by atoms with Gasteiger partial charge in [0.1, 0.15) is 5.78 Å². The Morgan fingerprint density at radius 2 is 1.67 bits per heavy atom. The van der Waals surface area contributed by atoms with Crippen LogP contribution in [-0.2, 0) is 10.2 Å². The molecule has 0 unspecified atom stereocenters. The number of rotatable bonds is 1. The van der Waals surface area contributed by atoms with Gasteiger partial charge in [-0.05, 0) is 36.0 Å². The summed E-state index contributed by atoms with van der Waals surface area (Å²) in [5.74, 6) is 0.440.